The molecule has 1 fully saturated rings. The van der Waals surface area contributed by atoms with Gasteiger partial charge in [0, 0.05) is 6.54 Å². The first-order chi connectivity index (χ1) is 15.6. The lowest BCUT2D eigenvalue weighted by molar-refractivity contribution is -0.137. The molecule has 1 N–H and O–H groups in total. The maximum absolute atomic E-state index is 10.8. The van der Waals surface area contributed by atoms with Crippen LogP contribution in [0.2, 0.25) is 0 Å². The van der Waals surface area contributed by atoms with Crippen LogP contribution in [0.5, 0.6) is 5.75 Å². The summed E-state index contributed by atoms with van der Waals surface area (Å²) in [6.45, 7) is 5.28. The van der Waals surface area contributed by atoms with E-state index in [0.29, 0.717) is 19.1 Å². The second-order valence-corrected chi connectivity index (χ2v) is 8.63. The summed E-state index contributed by atoms with van der Waals surface area (Å²) in [7, 11) is 0. The normalized spacial score (nSPS) is 14.9. The van der Waals surface area contributed by atoms with Crippen molar-refractivity contribution in [1.82, 2.24) is 4.90 Å². The maximum atomic E-state index is 10.8. The molecular formula is C28H31NO3. The largest absolute Gasteiger partial charge is 0.489 e. The Bertz CT molecular complexity index is 1020. The van der Waals surface area contributed by atoms with Crippen molar-refractivity contribution in [2.45, 2.75) is 38.7 Å². The second-order valence-electron chi connectivity index (χ2n) is 8.63. The van der Waals surface area contributed by atoms with Gasteiger partial charge in [-0.3, -0.25) is 4.79 Å². The Kier molecular flexibility index (Phi) is 7.23. The van der Waals surface area contributed by atoms with Crippen LogP contribution in [0.4, 0.5) is 0 Å². The van der Waals surface area contributed by atoms with Gasteiger partial charge in [0.15, 0.2) is 0 Å². The lowest BCUT2D eigenvalue weighted by atomic mass is 9.89. The van der Waals surface area contributed by atoms with Crippen molar-refractivity contribution in [1.29, 1.82) is 0 Å². The van der Waals surface area contributed by atoms with E-state index in [2.05, 4.69) is 72.5 Å². The van der Waals surface area contributed by atoms with Crippen molar-refractivity contribution in [2.75, 3.05) is 19.6 Å². The molecule has 4 heteroatoms. The molecule has 0 bridgehead atoms. The van der Waals surface area contributed by atoms with Crippen molar-refractivity contribution in [2.24, 2.45) is 0 Å². The van der Waals surface area contributed by atoms with Crippen LogP contribution in [0.3, 0.4) is 0 Å². The molecule has 3 aromatic carbocycles. The lowest BCUT2D eigenvalue weighted by Crippen LogP contribution is -2.34. The summed E-state index contributed by atoms with van der Waals surface area (Å²) < 4.78 is 6.05. The molecule has 1 heterocycles. The number of likely N-dealkylation sites (tertiary alicyclic amines) is 1. The summed E-state index contributed by atoms with van der Waals surface area (Å²) in [6, 6.07) is 25.5. The molecular weight excluding hydrogens is 398 g/mol. The first-order valence-electron chi connectivity index (χ1n) is 11.4. The molecule has 3 aromatic rings. The first-order valence-corrected chi connectivity index (χ1v) is 11.4. The Balaban J connectivity index is 1.29. The molecule has 1 saturated heterocycles. The van der Waals surface area contributed by atoms with Gasteiger partial charge in [-0.05, 0) is 78.7 Å². The molecule has 4 rings (SSSR count). The van der Waals surface area contributed by atoms with Gasteiger partial charge in [-0.2, -0.15) is 0 Å². The summed E-state index contributed by atoms with van der Waals surface area (Å²) in [5.74, 6) is 0.728. The number of hydrogen-bond donors (Lipinski definition) is 1. The first kappa shape index (κ1) is 22.1. The van der Waals surface area contributed by atoms with Gasteiger partial charge in [-0.15, -0.1) is 0 Å². The highest BCUT2D eigenvalue weighted by atomic mass is 16.5. The zero-order valence-electron chi connectivity index (χ0n) is 18.7. The number of carbonyl (C=O) groups is 1. The van der Waals surface area contributed by atoms with Gasteiger partial charge >= 0.3 is 5.97 Å². The highest BCUT2D eigenvalue weighted by Crippen LogP contribution is 2.29. The van der Waals surface area contributed by atoms with E-state index in [4.69, 9.17) is 9.84 Å². The Labute approximate surface area is 190 Å². The summed E-state index contributed by atoms with van der Waals surface area (Å²) in [4.78, 5) is 13.0. The summed E-state index contributed by atoms with van der Waals surface area (Å²) >= 11 is 0. The Morgan fingerprint density at radius 1 is 1.00 bits per heavy atom. The van der Waals surface area contributed by atoms with Gasteiger partial charge in [-0.25, -0.2) is 0 Å². The number of aryl methyl sites for hydroxylation is 1. The minimum Gasteiger partial charge on any atom is -0.489 e. The van der Waals surface area contributed by atoms with Crippen LogP contribution in [-0.2, 0) is 11.4 Å². The zero-order valence-corrected chi connectivity index (χ0v) is 18.7. The highest BCUT2D eigenvalue weighted by Gasteiger charge is 2.20. The predicted octanol–water partition coefficient (Wildman–Crippen LogP) is 5.90. The summed E-state index contributed by atoms with van der Waals surface area (Å²) in [5, 5.41) is 8.85. The zero-order chi connectivity index (χ0) is 22.3. The molecule has 166 valence electrons. The third-order valence-electron chi connectivity index (χ3n) is 6.37. The molecule has 0 atom stereocenters. The minimum absolute atomic E-state index is 0.230. The fourth-order valence-electron chi connectivity index (χ4n) is 4.46. The third-order valence-corrected chi connectivity index (χ3v) is 6.37. The van der Waals surface area contributed by atoms with Gasteiger partial charge in [0.05, 0.1) is 6.42 Å². The van der Waals surface area contributed by atoms with Crippen LogP contribution in [0, 0.1) is 6.92 Å². The molecule has 0 radical (unpaired) electrons. The van der Waals surface area contributed by atoms with Crippen LogP contribution in [-0.4, -0.2) is 35.6 Å². The van der Waals surface area contributed by atoms with Gasteiger partial charge in [-0.1, -0.05) is 60.7 Å². The molecule has 0 saturated carbocycles. The molecule has 32 heavy (non-hydrogen) atoms. The standard InChI is InChI=1S/C28H31NO3/c1-21-19-26(11-12-27(21)25-5-3-2-4-6-25)32-20-22-7-9-23(10-8-22)24-13-16-29(17-14-24)18-15-28(30)31/h2-12,19,24H,13-18,20H2,1H3,(H,30,31). The molecule has 4 nitrogen and oxygen atoms in total. The maximum Gasteiger partial charge on any atom is 0.304 e. The minimum atomic E-state index is -0.716. The number of carboxylic acids is 1. The predicted molar refractivity (Wildman–Crippen MR) is 128 cm³/mol. The van der Waals surface area contributed by atoms with Gasteiger partial charge < -0.3 is 14.7 Å². The number of ether oxygens (including phenoxy) is 1. The SMILES string of the molecule is Cc1cc(OCc2ccc(C3CCN(CCC(=O)O)CC3)cc2)ccc1-c1ccccc1. The number of rotatable bonds is 8. The average molecular weight is 430 g/mol. The number of carboxylic acid groups (broad SMARTS) is 1. The topological polar surface area (TPSA) is 49.8 Å². The van der Waals surface area contributed by atoms with Crippen LogP contribution in [0.25, 0.3) is 11.1 Å². The van der Waals surface area contributed by atoms with E-state index < -0.39 is 5.97 Å². The number of benzene rings is 3. The van der Waals surface area contributed by atoms with Crippen molar-refractivity contribution >= 4 is 5.97 Å². The van der Waals surface area contributed by atoms with E-state index in [1.165, 1.54) is 22.3 Å². The molecule has 1 aliphatic heterocycles. The highest BCUT2D eigenvalue weighted by molar-refractivity contribution is 5.68. The van der Waals surface area contributed by atoms with Crippen LogP contribution in [0.15, 0.2) is 72.8 Å². The smallest absolute Gasteiger partial charge is 0.304 e. The molecule has 1 aliphatic rings. The Morgan fingerprint density at radius 3 is 2.38 bits per heavy atom. The third kappa shape index (κ3) is 5.77. The number of aliphatic carboxylic acids is 1. The molecule has 0 amide bonds. The van der Waals surface area contributed by atoms with E-state index in [0.717, 1.165) is 37.2 Å². The monoisotopic (exact) mass is 429 g/mol. The Morgan fingerprint density at radius 2 is 1.72 bits per heavy atom. The van der Waals surface area contributed by atoms with Gasteiger partial charge in [0.1, 0.15) is 12.4 Å². The fraction of sp³-hybridized carbons (Fsp3) is 0.321. The van der Waals surface area contributed by atoms with E-state index in [9.17, 15) is 4.79 Å². The van der Waals surface area contributed by atoms with Crippen molar-refractivity contribution in [3.8, 4) is 16.9 Å². The molecule has 0 unspecified atom stereocenters. The van der Waals surface area contributed by atoms with Gasteiger partial charge in [0.25, 0.3) is 0 Å². The van der Waals surface area contributed by atoms with Crippen molar-refractivity contribution in [3.63, 3.8) is 0 Å². The number of nitrogens with zero attached hydrogens (tertiary/aromatic N) is 1. The fourth-order valence-corrected chi connectivity index (χ4v) is 4.46. The molecule has 0 spiro atoms. The number of piperidine rings is 1. The Hall–Kier alpha value is -3.11. The summed E-state index contributed by atoms with van der Waals surface area (Å²) in [6.07, 6.45) is 2.40. The van der Waals surface area contributed by atoms with Crippen molar-refractivity contribution < 1.29 is 14.6 Å². The van der Waals surface area contributed by atoms with Gasteiger partial charge in [0.2, 0.25) is 0 Å². The average Bonchev–Trinajstić information content (AvgIpc) is 2.83. The second kappa shape index (κ2) is 10.5. The van der Waals surface area contributed by atoms with Crippen LogP contribution < -0.4 is 4.74 Å². The molecule has 0 aliphatic carbocycles. The van der Waals surface area contributed by atoms with E-state index >= 15 is 0 Å². The van der Waals surface area contributed by atoms with Crippen molar-refractivity contribution in [3.05, 3.63) is 89.5 Å². The number of hydrogen-bond acceptors (Lipinski definition) is 3. The van der Waals surface area contributed by atoms with Crippen LogP contribution in [0.1, 0.15) is 41.9 Å². The van der Waals surface area contributed by atoms with E-state index in [-0.39, 0.29) is 6.42 Å². The quantitative estimate of drug-likeness (QED) is 0.485. The van der Waals surface area contributed by atoms with E-state index in [1.54, 1.807) is 0 Å². The summed E-state index contributed by atoms with van der Waals surface area (Å²) in [5.41, 5.74) is 6.20. The van der Waals surface area contributed by atoms with E-state index in [1.807, 2.05) is 12.1 Å². The lowest BCUT2D eigenvalue weighted by Gasteiger charge is -2.31. The molecule has 0 aromatic heterocycles. The van der Waals surface area contributed by atoms with Crippen LogP contribution >= 0.6 is 0 Å².